The van der Waals surface area contributed by atoms with Crippen LogP contribution < -0.4 is 10.1 Å². The lowest BCUT2D eigenvalue weighted by Gasteiger charge is -2.10. The Morgan fingerprint density at radius 2 is 1.97 bits per heavy atom. The predicted octanol–water partition coefficient (Wildman–Crippen LogP) is 3.36. The summed E-state index contributed by atoms with van der Waals surface area (Å²) in [5.74, 6) is 0.516. The molecule has 0 saturated carbocycles. The van der Waals surface area contributed by atoms with Crippen molar-refractivity contribution in [2.75, 3.05) is 7.11 Å². The van der Waals surface area contributed by atoms with E-state index in [-0.39, 0.29) is 12.3 Å². The fraction of sp³-hybridized carbons (Fsp3) is 0.182. The molecule has 0 bridgehead atoms. The van der Waals surface area contributed by atoms with Crippen molar-refractivity contribution in [1.82, 2.24) is 24.9 Å². The number of rotatable bonds is 6. The standard InChI is InChI=1S/C22H20FN5O2/c1-14(25-21(29)11-16-5-3-4-6-18(16)23)22-26-20-12-19(24-13-28(20)27-22)15-7-9-17(30-2)10-8-15/h3-10,12-14H,11H2,1-2H3,(H,25,29)/t14-/m1/s1. The van der Waals surface area contributed by atoms with Crippen LogP contribution in [0.15, 0.2) is 60.9 Å². The summed E-state index contributed by atoms with van der Waals surface area (Å²) in [6.07, 6.45) is 1.53. The molecule has 2 aromatic carbocycles. The topological polar surface area (TPSA) is 81.4 Å². The fourth-order valence-electron chi connectivity index (χ4n) is 3.09. The Labute approximate surface area is 172 Å². The average Bonchev–Trinajstić information content (AvgIpc) is 3.19. The number of methoxy groups -OCH3 is 1. The van der Waals surface area contributed by atoms with Gasteiger partial charge >= 0.3 is 0 Å². The summed E-state index contributed by atoms with van der Waals surface area (Å²) in [5.41, 5.74) is 2.63. The van der Waals surface area contributed by atoms with Crippen molar-refractivity contribution in [2.45, 2.75) is 19.4 Å². The number of benzene rings is 2. The van der Waals surface area contributed by atoms with Crippen LogP contribution in [0.4, 0.5) is 4.39 Å². The molecular formula is C22H20FN5O2. The number of halogens is 1. The van der Waals surface area contributed by atoms with E-state index < -0.39 is 11.9 Å². The van der Waals surface area contributed by atoms with Gasteiger partial charge in [0.2, 0.25) is 5.91 Å². The molecular weight excluding hydrogens is 385 g/mol. The third-order valence-corrected chi connectivity index (χ3v) is 4.71. The van der Waals surface area contributed by atoms with Gasteiger partial charge in [0.05, 0.1) is 25.3 Å². The first kappa shape index (κ1) is 19.5. The summed E-state index contributed by atoms with van der Waals surface area (Å²) < 4.78 is 20.5. The minimum atomic E-state index is -0.436. The van der Waals surface area contributed by atoms with Crippen LogP contribution in [-0.4, -0.2) is 32.6 Å². The summed E-state index contributed by atoms with van der Waals surface area (Å²) >= 11 is 0. The number of hydrogen-bond donors (Lipinski definition) is 1. The second-order valence-corrected chi connectivity index (χ2v) is 6.83. The molecule has 0 unspecified atom stereocenters. The van der Waals surface area contributed by atoms with Gasteiger partial charge in [-0.1, -0.05) is 18.2 Å². The van der Waals surface area contributed by atoms with Crippen molar-refractivity contribution in [3.8, 4) is 17.0 Å². The van der Waals surface area contributed by atoms with E-state index in [4.69, 9.17) is 4.74 Å². The smallest absolute Gasteiger partial charge is 0.225 e. The maximum absolute atomic E-state index is 13.7. The summed E-state index contributed by atoms with van der Waals surface area (Å²) in [4.78, 5) is 21.2. The van der Waals surface area contributed by atoms with E-state index in [0.717, 1.165) is 17.0 Å². The van der Waals surface area contributed by atoms with Crippen LogP contribution in [0.1, 0.15) is 24.4 Å². The van der Waals surface area contributed by atoms with Gasteiger partial charge in [-0.15, -0.1) is 5.10 Å². The number of carbonyl (C=O) groups excluding carboxylic acids is 1. The number of aromatic nitrogens is 4. The highest BCUT2D eigenvalue weighted by atomic mass is 19.1. The molecule has 30 heavy (non-hydrogen) atoms. The number of nitrogens with one attached hydrogen (secondary N) is 1. The monoisotopic (exact) mass is 405 g/mol. The van der Waals surface area contributed by atoms with Gasteiger partial charge in [0.25, 0.3) is 0 Å². The Hall–Kier alpha value is -3.81. The molecule has 4 aromatic rings. The Kier molecular flexibility index (Phi) is 5.38. The van der Waals surface area contributed by atoms with Gasteiger partial charge in [0, 0.05) is 11.6 Å². The van der Waals surface area contributed by atoms with E-state index >= 15 is 0 Å². The average molecular weight is 405 g/mol. The van der Waals surface area contributed by atoms with Crippen molar-refractivity contribution in [1.29, 1.82) is 0 Å². The molecule has 1 N–H and O–H groups in total. The van der Waals surface area contributed by atoms with Gasteiger partial charge in [-0.3, -0.25) is 4.79 Å². The van der Waals surface area contributed by atoms with Crippen molar-refractivity contribution in [3.63, 3.8) is 0 Å². The zero-order valence-corrected chi connectivity index (χ0v) is 16.5. The minimum absolute atomic E-state index is 0.0481. The van der Waals surface area contributed by atoms with Crippen molar-refractivity contribution in [2.24, 2.45) is 0 Å². The van der Waals surface area contributed by atoms with Crippen LogP contribution in [0.2, 0.25) is 0 Å². The van der Waals surface area contributed by atoms with Gasteiger partial charge in [-0.05, 0) is 42.8 Å². The zero-order valence-electron chi connectivity index (χ0n) is 16.5. The van der Waals surface area contributed by atoms with Crippen molar-refractivity contribution >= 4 is 11.6 Å². The second kappa shape index (κ2) is 8.28. The zero-order chi connectivity index (χ0) is 21.1. The van der Waals surface area contributed by atoms with E-state index in [1.165, 1.54) is 6.07 Å². The molecule has 0 aliphatic rings. The first-order valence-electron chi connectivity index (χ1n) is 9.43. The number of nitrogens with zero attached hydrogens (tertiary/aromatic N) is 4. The molecule has 7 nitrogen and oxygen atoms in total. The molecule has 152 valence electrons. The van der Waals surface area contributed by atoms with E-state index in [0.29, 0.717) is 17.0 Å². The molecule has 0 radical (unpaired) electrons. The lowest BCUT2D eigenvalue weighted by atomic mass is 10.1. The molecule has 8 heteroatoms. The quantitative estimate of drug-likeness (QED) is 0.532. The highest BCUT2D eigenvalue weighted by Gasteiger charge is 2.16. The molecule has 0 fully saturated rings. The Morgan fingerprint density at radius 1 is 1.20 bits per heavy atom. The van der Waals surface area contributed by atoms with Gasteiger partial charge < -0.3 is 10.1 Å². The lowest BCUT2D eigenvalue weighted by Crippen LogP contribution is -2.29. The third kappa shape index (κ3) is 4.12. The minimum Gasteiger partial charge on any atom is -0.497 e. The first-order valence-corrected chi connectivity index (χ1v) is 9.43. The predicted molar refractivity (Wildman–Crippen MR) is 109 cm³/mol. The molecule has 2 heterocycles. The van der Waals surface area contributed by atoms with Crippen LogP contribution in [0, 0.1) is 5.82 Å². The molecule has 0 saturated heterocycles. The normalized spacial score (nSPS) is 12.0. The maximum atomic E-state index is 13.7. The summed E-state index contributed by atoms with van der Waals surface area (Å²) in [6, 6.07) is 15.2. The molecule has 1 atom stereocenters. The second-order valence-electron chi connectivity index (χ2n) is 6.83. The SMILES string of the molecule is COc1ccc(-c2cc3nc([C@@H](C)NC(=O)Cc4ccccc4F)nn3cn2)cc1. The van der Waals surface area contributed by atoms with E-state index in [1.54, 1.807) is 43.1 Å². The van der Waals surface area contributed by atoms with Crippen LogP contribution in [0.5, 0.6) is 5.75 Å². The summed E-state index contributed by atoms with van der Waals surface area (Å²) in [6.45, 7) is 1.78. The van der Waals surface area contributed by atoms with Gasteiger partial charge in [0.15, 0.2) is 11.5 Å². The first-order chi connectivity index (χ1) is 14.5. The van der Waals surface area contributed by atoms with Gasteiger partial charge in [-0.25, -0.2) is 18.9 Å². The molecule has 0 aliphatic heterocycles. The molecule has 0 spiro atoms. The van der Waals surface area contributed by atoms with Crippen LogP contribution in [0.3, 0.4) is 0 Å². The fourth-order valence-corrected chi connectivity index (χ4v) is 3.09. The summed E-state index contributed by atoms with van der Waals surface area (Å²) in [5, 5.41) is 7.20. The largest absolute Gasteiger partial charge is 0.497 e. The number of carbonyl (C=O) groups is 1. The van der Waals surface area contributed by atoms with Crippen LogP contribution in [0.25, 0.3) is 16.9 Å². The Balaban J connectivity index is 1.49. The van der Waals surface area contributed by atoms with E-state index in [2.05, 4.69) is 20.4 Å². The summed E-state index contributed by atoms with van der Waals surface area (Å²) in [7, 11) is 1.62. The van der Waals surface area contributed by atoms with Crippen LogP contribution in [-0.2, 0) is 11.2 Å². The number of hydrogen-bond acceptors (Lipinski definition) is 5. The van der Waals surface area contributed by atoms with E-state index in [1.807, 2.05) is 30.3 Å². The Bertz CT molecular complexity index is 1190. The Morgan fingerprint density at radius 3 is 2.70 bits per heavy atom. The van der Waals surface area contributed by atoms with Gasteiger partial charge in [0.1, 0.15) is 17.9 Å². The number of amides is 1. The molecule has 4 rings (SSSR count). The van der Waals surface area contributed by atoms with Crippen LogP contribution >= 0.6 is 0 Å². The molecule has 0 aliphatic carbocycles. The van der Waals surface area contributed by atoms with E-state index in [9.17, 15) is 9.18 Å². The number of fused-ring (bicyclic) bond motifs is 1. The third-order valence-electron chi connectivity index (χ3n) is 4.71. The lowest BCUT2D eigenvalue weighted by molar-refractivity contribution is -0.121. The van der Waals surface area contributed by atoms with Crippen molar-refractivity contribution in [3.05, 3.63) is 78.1 Å². The van der Waals surface area contributed by atoms with Crippen molar-refractivity contribution < 1.29 is 13.9 Å². The maximum Gasteiger partial charge on any atom is 0.225 e. The number of ether oxygens (including phenoxy) is 1. The highest BCUT2D eigenvalue weighted by Crippen LogP contribution is 2.21. The molecule has 2 aromatic heterocycles. The highest BCUT2D eigenvalue weighted by molar-refractivity contribution is 5.79. The van der Waals surface area contributed by atoms with Gasteiger partial charge in [-0.2, -0.15) is 0 Å². The molecule has 1 amide bonds.